The molecule has 1 aliphatic rings. The number of rotatable bonds is 5. The molecule has 0 aliphatic heterocycles. The molecule has 130 valence electrons. The van der Waals surface area contributed by atoms with Crippen LogP contribution >= 0.6 is 0 Å². The first-order valence-electron chi connectivity index (χ1n) is 8.60. The van der Waals surface area contributed by atoms with Crippen molar-refractivity contribution in [2.45, 2.75) is 25.3 Å². The Morgan fingerprint density at radius 2 is 2.08 bits per heavy atom. The van der Waals surface area contributed by atoms with Crippen LogP contribution in [0.3, 0.4) is 0 Å². The Labute approximate surface area is 149 Å². The second kappa shape index (κ2) is 5.94. The molecule has 1 aliphatic carbocycles. The summed E-state index contributed by atoms with van der Waals surface area (Å²) < 4.78 is 12.8. The Hall–Kier alpha value is -3.22. The molecule has 0 radical (unpaired) electrons. The third-order valence-electron chi connectivity index (χ3n) is 4.59. The minimum absolute atomic E-state index is 0.515. The van der Waals surface area contributed by atoms with Crippen molar-refractivity contribution in [1.82, 2.24) is 24.7 Å². The summed E-state index contributed by atoms with van der Waals surface area (Å²) in [6, 6.07) is 11.8. The Bertz CT molecular complexity index is 1080. The number of nitrogens with zero attached hydrogens (tertiary/aromatic N) is 5. The fourth-order valence-corrected chi connectivity index (χ4v) is 3.15. The van der Waals surface area contributed by atoms with Gasteiger partial charge in [0.2, 0.25) is 17.6 Å². The zero-order chi connectivity index (χ0) is 17.5. The number of imidazole rings is 1. The monoisotopic (exact) mass is 347 g/mol. The Morgan fingerprint density at radius 1 is 1.19 bits per heavy atom. The molecule has 0 unspecified atom stereocenters. The van der Waals surface area contributed by atoms with Crippen molar-refractivity contribution in [3.8, 4) is 17.3 Å². The summed E-state index contributed by atoms with van der Waals surface area (Å²) in [6.45, 7) is 0.515. The van der Waals surface area contributed by atoms with Gasteiger partial charge in [0, 0.05) is 23.7 Å². The molecule has 0 spiro atoms. The van der Waals surface area contributed by atoms with E-state index in [0.29, 0.717) is 30.1 Å². The lowest BCUT2D eigenvalue weighted by Crippen LogP contribution is -2.04. The molecule has 4 aromatic rings. The number of fused-ring (bicyclic) bond motifs is 1. The van der Waals surface area contributed by atoms with Gasteiger partial charge in [-0.25, -0.2) is 9.97 Å². The average molecular weight is 347 g/mol. The van der Waals surface area contributed by atoms with Gasteiger partial charge in [-0.05, 0) is 31.0 Å². The molecule has 26 heavy (non-hydrogen) atoms. The van der Waals surface area contributed by atoms with Crippen LogP contribution < -0.4 is 4.74 Å². The Balaban J connectivity index is 1.50. The van der Waals surface area contributed by atoms with E-state index in [-0.39, 0.29) is 0 Å². The van der Waals surface area contributed by atoms with Crippen LogP contribution in [-0.4, -0.2) is 31.8 Å². The highest BCUT2D eigenvalue weighted by Crippen LogP contribution is 2.40. The third-order valence-corrected chi connectivity index (χ3v) is 4.59. The number of ether oxygens (including phenoxy) is 1. The van der Waals surface area contributed by atoms with Gasteiger partial charge < -0.3 is 13.8 Å². The summed E-state index contributed by atoms with van der Waals surface area (Å²) in [6.07, 6.45) is 4.04. The Kier molecular flexibility index (Phi) is 3.44. The van der Waals surface area contributed by atoms with Crippen molar-refractivity contribution in [1.29, 1.82) is 0 Å². The van der Waals surface area contributed by atoms with Gasteiger partial charge >= 0.3 is 0 Å². The van der Waals surface area contributed by atoms with E-state index < -0.39 is 0 Å². The molecular formula is C19H17N5O2. The molecule has 7 nitrogen and oxygen atoms in total. The zero-order valence-corrected chi connectivity index (χ0v) is 14.3. The largest absolute Gasteiger partial charge is 0.481 e. The van der Waals surface area contributed by atoms with Crippen LogP contribution in [0.1, 0.15) is 30.5 Å². The molecule has 0 amide bonds. The first-order chi connectivity index (χ1) is 12.8. The van der Waals surface area contributed by atoms with Crippen LogP contribution in [0.15, 0.2) is 47.1 Å². The molecular weight excluding hydrogens is 330 g/mol. The summed E-state index contributed by atoms with van der Waals surface area (Å²) in [5.74, 6) is 3.25. The van der Waals surface area contributed by atoms with E-state index in [1.54, 1.807) is 19.4 Å². The van der Waals surface area contributed by atoms with Gasteiger partial charge in [0.05, 0.1) is 18.1 Å². The standard InChI is InChI=1S/C19H17N5O2/c1-25-16-10-13(8-9-20-16)18-22-17(26-23-18)11-24-15-5-3-2-4-14(15)21-19(24)12-6-7-12/h2-5,8-10,12H,6-7,11H2,1H3. The minimum Gasteiger partial charge on any atom is -0.481 e. The number of hydrogen-bond acceptors (Lipinski definition) is 6. The van der Waals surface area contributed by atoms with Crippen LogP contribution in [0.5, 0.6) is 5.88 Å². The van der Waals surface area contributed by atoms with Crippen molar-refractivity contribution in [3.05, 3.63) is 54.3 Å². The Morgan fingerprint density at radius 3 is 2.92 bits per heavy atom. The SMILES string of the molecule is COc1cc(-c2noc(Cn3c(C4CC4)nc4ccccc43)n2)ccn1. The highest BCUT2D eigenvalue weighted by molar-refractivity contribution is 5.76. The quantitative estimate of drug-likeness (QED) is 0.550. The molecule has 7 heteroatoms. The highest BCUT2D eigenvalue weighted by Gasteiger charge is 2.30. The van der Waals surface area contributed by atoms with Gasteiger partial charge in [0.25, 0.3) is 0 Å². The van der Waals surface area contributed by atoms with E-state index in [0.717, 1.165) is 22.4 Å². The molecule has 5 rings (SSSR count). The smallest absolute Gasteiger partial charge is 0.246 e. The van der Waals surface area contributed by atoms with Gasteiger partial charge in [-0.1, -0.05) is 17.3 Å². The van der Waals surface area contributed by atoms with E-state index in [2.05, 4.69) is 25.8 Å². The predicted molar refractivity (Wildman–Crippen MR) is 94.9 cm³/mol. The first kappa shape index (κ1) is 15.1. The van der Waals surface area contributed by atoms with Crippen LogP contribution in [-0.2, 0) is 6.54 Å². The molecule has 0 N–H and O–H groups in total. The van der Waals surface area contributed by atoms with Crippen LogP contribution in [0.25, 0.3) is 22.4 Å². The molecule has 1 aromatic carbocycles. The predicted octanol–water partition coefficient (Wildman–Crippen LogP) is 3.42. The summed E-state index contributed by atoms with van der Waals surface area (Å²) in [5.41, 5.74) is 2.91. The topological polar surface area (TPSA) is 78.9 Å². The summed E-state index contributed by atoms with van der Waals surface area (Å²) in [5, 5.41) is 4.11. The fourth-order valence-electron chi connectivity index (χ4n) is 3.15. The number of para-hydroxylation sites is 2. The maximum Gasteiger partial charge on any atom is 0.246 e. The molecule has 0 bridgehead atoms. The normalized spacial score (nSPS) is 14.0. The van der Waals surface area contributed by atoms with Gasteiger partial charge in [-0.3, -0.25) is 0 Å². The molecule has 3 aromatic heterocycles. The van der Waals surface area contributed by atoms with Crippen molar-refractivity contribution in [2.24, 2.45) is 0 Å². The molecule has 1 saturated carbocycles. The number of pyridine rings is 1. The van der Waals surface area contributed by atoms with Crippen LogP contribution in [0.2, 0.25) is 0 Å². The number of methoxy groups -OCH3 is 1. The number of benzene rings is 1. The number of hydrogen-bond donors (Lipinski definition) is 0. The number of aromatic nitrogens is 5. The lowest BCUT2D eigenvalue weighted by Gasteiger charge is -2.05. The minimum atomic E-state index is 0.515. The molecule has 0 atom stereocenters. The van der Waals surface area contributed by atoms with E-state index in [1.165, 1.54) is 12.8 Å². The van der Waals surface area contributed by atoms with E-state index in [9.17, 15) is 0 Å². The lowest BCUT2D eigenvalue weighted by atomic mass is 10.2. The van der Waals surface area contributed by atoms with Crippen molar-refractivity contribution < 1.29 is 9.26 Å². The van der Waals surface area contributed by atoms with Gasteiger partial charge in [0.1, 0.15) is 12.4 Å². The van der Waals surface area contributed by atoms with Crippen molar-refractivity contribution in [2.75, 3.05) is 7.11 Å². The molecule has 0 saturated heterocycles. The second-order valence-electron chi connectivity index (χ2n) is 6.42. The van der Waals surface area contributed by atoms with Crippen LogP contribution in [0, 0.1) is 0 Å². The molecule has 3 heterocycles. The van der Waals surface area contributed by atoms with Gasteiger partial charge in [0.15, 0.2) is 0 Å². The highest BCUT2D eigenvalue weighted by atomic mass is 16.5. The van der Waals surface area contributed by atoms with E-state index in [4.69, 9.17) is 14.2 Å². The fraction of sp³-hybridized carbons (Fsp3) is 0.263. The third kappa shape index (κ3) is 2.61. The summed E-state index contributed by atoms with van der Waals surface area (Å²) in [7, 11) is 1.58. The lowest BCUT2D eigenvalue weighted by molar-refractivity contribution is 0.371. The molecule has 1 fully saturated rings. The van der Waals surface area contributed by atoms with Crippen molar-refractivity contribution >= 4 is 11.0 Å². The van der Waals surface area contributed by atoms with E-state index in [1.807, 2.05) is 24.3 Å². The maximum atomic E-state index is 5.50. The summed E-state index contributed by atoms with van der Waals surface area (Å²) >= 11 is 0. The van der Waals surface area contributed by atoms with E-state index >= 15 is 0 Å². The second-order valence-corrected chi connectivity index (χ2v) is 6.42. The first-order valence-corrected chi connectivity index (χ1v) is 8.60. The van der Waals surface area contributed by atoms with Crippen molar-refractivity contribution in [3.63, 3.8) is 0 Å². The average Bonchev–Trinajstić information content (AvgIpc) is 3.32. The van der Waals surface area contributed by atoms with Gasteiger partial charge in [-0.15, -0.1) is 0 Å². The summed E-state index contributed by atoms with van der Waals surface area (Å²) in [4.78, 5) is 13.5. The van der Waals surface area contributed by atoms with Gasteiger partial charge in [-0.2, -0.15) is 4.98 Å². The zero-order valence-electron chi connectivity index (χ0n) is 14.3. The maximum absolute atomic E-state index is 5.50. The van der Waals surface area contributed by atoms with Crippen LogP contribution in [0.4, 0.5) is 0 Å².